The molecule has 1 aromatic heterocycles. The molecule has 3 aromatic rings. The van der Waals surface area contributed by atoms with Gasteiger partial charge in [-0.1, -0.05) is 18.2 Å². The van der Waals surface area contributed by atoms with Crippen LogP contribution in [0, 0.1) is 0 Å². The van der Waals surface area contributed by atoms with Gasteiger partial charge in [-0.05, 0) is 29.8 Å². The fourth-order valence-electron chi connectivity index (χ4n) is 2.25. The number of phenols is 1. The minimum atomic E-state index is 0.151. The van der Waals surface area contributed by atoms with E-state index in [0.29, 0.717) is 18.8 Å². The van der Waals surface area contributed by atoms with Gasteiger partial charge < -0.3 is 20.1 Å². The first kappa shape index (κ1) is 13.5. The third-order valence-electron chi connectivity index (χ3n) is 3.30. The van der Waals surface area contributed by atoms with E-state index in [1.165, 1.54) is 0 Å². The normalized spacial score (nSPS) is 10.9. The van der Waals surface area contributed by atoms with Crippen LogP contribution >= 0.6 is 0 Å². The third-order valence-corrected chi connectivity index (χ3v) is 3.30. The number of H-pyrrole nitrogens is 1. The Kier molecular flexibility index (Phi) is 3.75. The smallest absolute Gasteiger partial charge is 0.160 e. The molecule has 3 rings (SSSR count). The van der Waals surface area contributed by atoms with Gasteiger partial charge in [0.2, 0.25) is 0 Å². The number of hydrogen-bond donors (Lipinski definition) is 3. The van der Waals surface area contributed by atoms with Crippen molar-refractivity contribution >= 4 is 11.0 Å². The first-order valence-electron chi connectivity index (χ1n) is 6.76. The average molecular weight is 283 g/mol. The van der Waals surface area contributed by atoms with Crippen LogP contribution in [0.4, 0.5) is 0 Å². The minimum absolute atomic E-state index is 0.151. The maximum absolute atomic E-state index is 9.56. The van der Waals surface area contributed by atoms with E-state index in [4.69, 9.17) is 4.74 Å². The van der Waals surface area contributed by atoms with E-state index in [1.54, 1.807) is 13.2 Å². The summed E-state index contributed by atoms with van der Waals surface area (Å²) in [7, 11) is 1.54. The zero-order valence-electron chi connectivity index (χ0n) is 11.8. The van der Waals surface area contributed by atoms with Gasteiger partial charge in [-0.3, -0.25) is 0 Å². The second-order valence-electron chi connectivity index (χ2n) is 4.81. The lowest BCUT2D eigenvalue weighted by Gasteiger charge is -2.07. The third kappa shape index (κ3) is 2.98. The van der Waals surface area contributed by atoms with Crippen molar-refractivity contribution in [1.82, 2.24) is 15.3 Å². The Balaban J connectivity index is 1.63. The first-order chi connectivity index (χ1) is 10.3. The van der Waals surface area contributed by atoms with Crippen LogP contribution in [0.1, 0.15) is 11.4 Å². The Labute approximate surface area is 122 Å². The zero-order chi connectivity index (χ0) is 14.7. The molecule has 0 saturated heterocycles. The van der Waals surface area contributed by atoms with Crippen molar-refractivity contribution < 1.29 is 9.84 Å². The van der Waals surface area contributed by atoms with E-state index < -0.39 is 0 Å². The van der Waals surface area contributed by atoms with Gasteiger partial charge in [0.15, 0.2) is 11.5 Å². The Morgan fingerprint density at radius 1 is 1.19 bits per heavy atom. The number of aromatic amines is 1. The quantitative estimate of drug-likeness (QED) is 0.673. The van der Waals surface area contributed by atoms with E-state index in [0.717, 1.165) is 22.4 Å². The SMILES string of the molecule is COc1cc(CNCc2nc3ccccc3[nH]2)ccc1O. The number of phenolic OH excluding ortho intramolecular Hbond substituents is 1. The number of aromatic hydroxyl groups is 1. The van der Waals surface area contributed by atoms with E-state index in [1.807, 2.05) is 36.4 Å². The van der Waals surface area contributed by atoms with Crippen molar-refractivity contribution in [2.75, 3.05) is 7.11 Å². The van der Waals surface area contributed by atoms with Crippen LogP contribution < -0.4 is 10.1 Å². The largest absolute Gasteiger partial charge is 0.504 e. The number of ether oxygens (including phenoxy) is 1. The van der Waals surface area contributed by atoms with E-state index in [9.17, 15) is 5.11 Å². The van der Waals surface area contributed by atoms with Gasteiger partial charge in [0, 0.05) is 6.54 Å². The Morgan fingerprint density at radius 2 is 2.05 bits per heavy atom. The summed E-state index contributed by atoms with van der Waals surface area (Å²) in [4.78, 5) is 7.78. The van der Waals surface area contributed by atoms with Crippen molar-refractivity contribution in [2.45, 2.75) is 13.1 Å². The van der Waals surface area contributed by atoms with Gasteiger partial charge in [-0.25, -0.2) is 4.98 Å². The molecule has 0 saturated carbocycles. The second-order valence-corrected chi connectivity index (χ2v) is 4.81. The van der Waals surface area contributed by atoms with Gasteiger partial charge in [0.25, 0.3) is 0 Å². The molecule has 5 nitrogen and oxygen atoms in total. The predicted molar refractivity (Wildman–Crippen MR) is 81.3 cm³/mol. The number of fused-ring (bicyclic) bond motifs is 1. The predicted octanol–water partition coefficient (Wildman–Crippen LogP) is 2.57. The Bertz CT molecular complexity index is 719. The molecule has 0 fully saturated rings. The Morgan fingerprint density at radius 3 is 2.86 bits per heavy atom. The molecule has 0 amide bonds. The summed E-state index contributed by atoms with van der Waals surface area (Å²) < 4.78 is 5.09. The summed E-state index contributed by atoms with van der Waals surface area (Å²) in [5.74, 6) is 1.54. The van der Waals surface area contributed by atoms with Crippen molar-refractivity contribution in [1.29, 1.82) is 0 Å². The number of rotatable bonds is 5. The molecule has 5 heteroatoms. The van der Waals surface area contributed by atoms with E-state index in [-0.39, 0.29) is 5.75 Å². The summed E-state index contributed by atoms with van der Waals surface area (Å²) >= 11 is 0. The molecule has 2 aromatic carbocycles. The highest BCUT2D eigenvalue weighted by Gasteiger charge is 2.04. The lowest BCUT2D eigenvalue weighted by molar-refractivity contribution is 0.372. The van der Waals surface area contributed by atoms with Gasteiger partial charge >= 0.3 is 0 Å². The van der Waals surface area contributed by atoms with Crippen LogP contribution in [-0.4, -0.2) is 22.2 Å². The molecule has 0 unspecified atom stereocenters. The van der Waals surface area contributed by atoms with Gasteiger partial charge in [-0.2, -0.15) is 0 Å². The van der Waals surface area contributed by atoms with Gasteiger partial charge in [0.05, 0.1) is 24.7 Å². The lowest BCUT2D eigenvalue weighted by atomic mass is 10.2. The molecule has 0 spiro atoms. The number of benzene rings is 2. The van der Waals surface area contributed by atoms with Crippen LogP contribution in [0.5, 0.6) is 11.5 Å². The maximum atomic E-state index is 9.56. The fraction of sp³-hybridized carbons (Fsp3) is 0.188. The molecule has 1 heterocycles. The standard InChI is InChI=1S/C16H17N3O2/c1-21-15-8-11(6-7-14(15)20)9-17-10-16-18-12-4-2-3-5-13(12)19-16/h2-8,17,20H,9-10H2,1H3,(H,18,19). The van der Waals surface area contributed by atoms with Crippen molar-refractivity contribution in [3.8, 4) is 11.5 Å². The van der Waals surface area contributed by atoms with Crippen LogP contribution in [-0.2, 0) is 13.1 Å². The molecule has 108 valence electrons. The summed E-state index contributed by atoms with van der Waals surface area (Å²) in [5.41, 5.74) is 3.06. The molecule has 0 aliphatic heterocycles. The summed E-state index contributed by atoms with van der Waals surface area (Å²) in [6, 6.07) is 13.3. The number of aromatic nitrogens is 2. The number of para-hydroxylation sites is 2. The van der Waals surface area contributed by atoms with Crippen molar-refractivity contribution in [2.24, 2.45) is 0 Å². The number of nitrogens with one attached hydrogen (secondary N) is 2. The topological polar surface area (TPSA) is 70.2 Å². The summed E-state index contributed by atoms with van der Waals surface area (Å²) in [6.45, 7) is 1.32. The van der Waals surface area contributed by atoms with Gasteiger partial charge in [0.1, 0.15) is 5.82 Å². The molecule has 0 atom stereocenters. The molecule has 0 aliphatic carbocycles. The highest BCUT2D eigenvalue weighted by atomic mass is 16.5. The van der Waals surface area contributed by atoms with E-state index in [2.05, 4.69) is 15.3 Å². The van der Waals surface area contributed by atoms with Crippen LogP contribution in [0.15, 0.2) is 42.5 Å². The Hall–Kier alpha value is -2.53. The van der Waals surface area contributed by atoms with Crippen LogP contribution in [0.25, 0.3) is 11.0 Å². The number of imidazole rings is 1. The number of methoxy groups -OCH3 is 1. The molecular weight excluding hydrogens is 266 g/mol. The van der Waals surface area contributed by atoms with E-state index >= 15 is 0 Å². The first-order valence-corrected chi connectivity index (χ1v) is 6.76. The lowest BCUT2D eigenvalue weighted by Crippen LogP contribution is -2.13. The number of hydrogen-bond acceptors (Lipinski definition) is 4. The fourth-order valence-corrected chi connectivity index (χ4v) is 2.25. The highest BCUT2D eigenvalue weighted by molar-refractivity contribution is 5.74. The molecule has 21 heavy (non-hydrogen) atoms. The maximum Gasteiger partial charge on any atom is 0.160 e. The summed E-state index contributed by atoms with van der Waals surface area (Å²) in [5, 5.41) is 12.9. The van der Waals surface area contributed by atoms with Gasteiger partial charge in [-0.15, -0.1) is 0 Å². The summed E-state index contributed by atoms with van der Waals surface area (Å²) in [6.07, 6.45) is 0. The van der Waals surface area contributed by atoms with Crippen LogP contribution in [0.2, 0.25) is 0 Å². The monoisotopic (exact) mass is 283 g/mol. The highest BCUT2D eigenvalue weighted by Crippen LogP contribution is 2.26. The van der Waals surface area contributed by atoms with Crippen molar-refractivity contribution in [3.63, 3.8) is 0 Å². The average Bonchev–Trinajstić information content (AvgIpc) is 2.91. The second kappa shape index (κ2) is 5.85. The zero-order valence-corrected chi connectivity index (χ0v) is 11.8. The number of nitrogens with zero attached hydrogens (tertiary/aromatic N) is 1. The van der Waals surface area contributed by atoms with Crippen molar-refractivity contribution in [3.05, 3.63) is 53.9 Å². The molecule has 0 bridgehead atoms. The molecule has 0 radical (unpaired) electrons. The minimum Gasteiger partial charge on any atom is -0.504 e. The molecule has 3 N–H and O–H groups in total. The van der Waals surface area contributed by atoms with Crippen LogP contribution in [0.3, 0.4) is 0 Å². The molecule has 0 aliphatic rings. The molecular formula is C16H17N3O2.